The first-order valence-corrected chi connectivity index (χ1v) is 9.24. The molecule has 1 aliphatic rings. The summed E-state index contributed by atoms with van der Waals surface area (Å²) in [4.78, 5) is 47.7. The summed E-state index contributed by atoms with van der Waals surface area (Å²) in [7, 11) is 0. The van der Waals surface area contributed by atoms with Gasteiger partial charge in [0.25, 0.3) is 5.91 Å². The van der Waals surface area contributed by atoms with Crippen LogP contribution in [0.2, 0.25) is 0 Å². The van der Waals surface area contributed by atoms with Crippen LogP contribution in [0.25, 0.3) is 11.1 Å². The van der Waals surface area contributed by atoms with E-state index in [1.54, 1.807) is 42.5 Å². The maximum Gasteiger partial charge on any atom is 0.420 e. The molecule has 0 spiro atoms. The molecule has 11 heteroatoms. The van der Waals surface area contributed by atoms with Crippen molar-refractivity contribution < 1.29 is 33.0 Å². The number of fused-ring (bicyclic) bond motifs is 2. The molecule has 0 bridgehead atoms. The smallest absolute Gasteiger partial charge is 0.420 e. The minimum Gasteiger partial charge on any atom is -0.486 e. The third-order valence-corrected chi connectivity index (χ3v) is 4.28. The Morgan fingerprint density at radius 1 is 1.03 bits per heavy atom. The highest BCUT2D eigenvalue weighted by atomic mass is 16.6. The maximum atomic E-state index is 12.0. The summed E-state index contributed by atoms with van der Waals surface area (Å²) in [6, 6.07) is 10.6. The largest absolute Gasteiger partial charge is 0.486 e. The molecule has 2 heterocycles. The van der Waals surface area contributed by atoms with Gasteiger partial charge in [0.2, 0.25) is 0 Å². The molecule has 1 aromatic heterocycles. The average Bonchev–Trinajstić information content (AvgIpc) is 3.07. The Bertz CT molecular complexity index is 1210. The van der Waals surface area contributed by atoms with Gasteiger partial charge in [-0.3, -0.25) is 19.5 Å². The molecule has 0 unspecified atom stereocenters. The van der Waals surface area contributed by atoms with Crippen molar-refractivity contribution in [3.05, 3.63) is 53.0 Å². The van der Waals surface area contributed by atoms with Gasteiger partial charge in [0.15, 0.2) is 23.7 Å². The zero-order valence-corrected chi connectivity index (χ0v) is 16.1. The molecule has 0 aliphatic carbocycles. The maximum absolute atomic E-state index is 12.0. The molecular formula is C20H17N3O8. The number of urea groups is 1. The number of hydrogen-bond donors (Lipinski definition) is 2. The van der Waals surface area contributed by atoms with E-state index in [2.05, 4.69) is 5.32 Å². The second kappa shape index (κ2) is 8.61. The number of nitrogens with zero attached hydrogens (tertiary/aromatic N) is 1. The number of benzene rings is 2. The van der Waals surface area contributed by atoms with E-state index in [0.29, 0.717) is 41.5 Å². The minimum atomic E-state index is -0.840. The Kier molecular flexibility index (Phi) is 5.56. The van der Waals surface area contributed by atoms with Crippen molar-refractivity contribution in [3.63, 3.8) is 0 Å². The van der Waals surface area contributed by atoms with Gasteiger partial charge in [0.1, 0.15) is 19.8 Å². The Morgan fingerprint density at radius 2 is 1.81 bits per heavy atom. The van der Waals surface area contributed by atoms with E-state index in [1.807, 2.05) is 5.32 Å². The van der Waals surface area contributed by atoms with Crippen LogP contribution < -0.4 is 25.9 Å². The number of rotatable bonds is 5. The SMILES string of the molecule is O=C(COC(=O)Cn1c(=O)oc2ccccc21)NC(=O)Nc1ccc2c(c1)OCCO2. The van der Waals surface area contributed by atoms with Crippen LogP contribution in [0.5, 0.6) is 11.5 Å². The molecular weight excluding hydrogens is 410 g/mol. The summed E-state index contributed by atoms with van der Waals surface area (Å²) in [5, 5.41) is 4.51. The van der Waals surface area contributed by atoms with Gasteiger partial charge in [-0.1, -0.05) is 12.1 Å². The summed E-state index contributed by atoms with van der Waals surface area (Å²) in [5.41, 5.74) is 1.14. The first-order valence-electron chi connectivity index (χ1n) is 9.24. The monoisotopic (exact) mass is 427 g/mol. The normalized spacial score (nSPS) is 12.3. The van der Waals surface area contributed by atoms with Crippen LogP contribution in [-0.2, 0) is 20.9 Å². The molecule has 4 rings (SSSR count). The van der Waals surface area contributed by atoms with Crippen molar-refractivity contribution in [1.29, 1.82) is 0 Å². The fraction of sp³-hybridized carbons (Fsp3) is 0.200. The van der Waals surface area contributed by atoms with Gasteiger partial charge in [-0.15, -0.1) is 0 Å². The lowest BCUT2D eigenvalue weighted by molar-refractivity contribution is -0.148. The molecule has 1 aliphatic heterocycles. The quantitative estimate of drug-likeness (QED) is 0.581. The highest BCUT2D eigenvalue weighted by Gasteiger charge is 2.16. The van der Waals surface area contributed by atoms with Crippen LogP contribution in [0, 0.1) is 0 Å². The number of imide groups is 1. The van der Waals surface area contributed by atoms with E-state index in [4.69, 9.17) is 18.6 Å². The molecule has 2 N–H and O–H groups in total. The molecule has 3 aromatic rings. The minimum absolute atomic E-state index is 0.328. The van der Waals surface area contributed by atoms with Crippen LogP contribution in [0.4, 0.5) is 10.5 Å². The third kappa shape index (κ3) is 4.66. The number of amides is 3. The predicted octanol–water partition coefficient (Wildman–Crippen LogP) is 1.26. The zero-order valence-electron chi connectivity index (χ0n) is 16.1. The summed E-state index contributed by atoms with van der Waals surface area (Å²) >= 11 is 0. The Hall–Kier alpha value is -4.28. The zero-order chi connectivity index (χ0) is 21.8. The summed E-state index contributed by atoms with van der Waals surface area (Å²) in [6.07, 6.45) is 0. The lowest BCUT2D eigenvalue weighted by atomic mass is 10.2. The van der Waals surface area contributed by atoms with E-state index in [-0.39, 0.29) is 0 Å². The van der Waals surface area contributed by atoms with E-state index < -0.39 is 36.8 Å². The Labute approximate surface area is 174 Å². The summed E-state index contributed by atoms with van der Waals surface area (Å²) < 4.78 is 21.8. The molecule has 0 atom stereocenters. The molecule has 160 valence electrons. The van der Waals surface area contributed by atoms with Gasteiger partial charge in [-0.2, -0.15) is 0 Å². The molecule has 2 aromatic carbocycles. The second-order valence-electron chi connectivity index (χ2n) is 6.44. The van der Waals surface area contributed by atoms with Gasteiger partial charge in [0.05, 0.1) is 5.52 Å². The van der Waals surface area contributed by atoms with E-state index >= 15 is 0 Å². The van der Waals surface area contributed by atoms with Gasteiger partial charge in [-0.05, 0) is 24.3 Å². The first-order chi connectivity index (χ1) is 15.0. The Balaban J connectivity index is 1.27. The van der Waals surface area contributed by atoms with Gasteiger partial charge in [-0.25, -0.2) is 9.59 Å². The van der Waals surface area contributed by atoms with Gasteiger partial charge >= 0.3 is 17.8 Å². The fourth-order valence-corrected chi connectivity index (χ4v) is 2.93. The summed E-state index contributed by atoms with van der Waals surface area (Å²) in [6.45, 7) is -0.295. The van der Waals surface area contributed by atoms with Crippen LogP contribution in [-0.4, -0.2) is 42.3 Å². The number of carbonyl (C=O) groups is 3. The molecule has 0 radical (unpaired) electrons. The average molecular weight is 427 g/mol. The molecule has 0 fully saturated rings. The van der Waals surface area contributed by atoms with Crippen molar-refractivity contribution in [2.24, 2.45) is 0 Å². The number of aromatic nitrogens is 1. The number of ether oxygens (including phenoxy) is 3. The summed E-state index contributed by atoms with van der Waals surface area (Å²) in [5.74, 6) is -1.36. The number of hydrogen-bond acceptors (Lipinski definition) is 8. The van der Waals surface area contributed by atoms with Crippen LogP contribution in [0.15, 0.2) is 51.7 Å². The molecule has 11 nitrogen and oxygen atoms in total. The van der Waals surface area contributed by atoms with Crippen LogP contribution in [0.1, 0.15) is 0 Å². The van der Waals surface area contributed by atoms with E-state index in [0.717, 1.165) is 4.57 Å². The fourth-order valence-electron chi connectivity index (χ4n) is 2.93. The lowest BCUT2D eigenvalue weighted by Gasteiger charge is -2.19. The standard InChI is InChI=1S/C20H17N3O8/c24-17(22-19(26)21-12-5-6-15-16(9-12)29-8-7-28-15)11-30-18(25)10-23-13-3-1-2-4-14(13)31-20(23)27/h1-6,9H,7-8,10-11H2,(H2,21,22,24,26). The number of oxazole rings is 1. The molecule has 0 saturated heterocycles. The van der Waals surface area contributed by atoms with Gasteiger partial charge < -0.3 is 23.9 Å². The van der Waals surface area contributed by atoms with Gasteiger partial charge in [0, 0.05) is 11.8 Å². The number of nitrogens with one attached hydrogen (secondary N) is 2. The van der Waals surface area contributed by atoms with Crippen LogP contribution >= 0.6 is 0 Å². The number of esters is 1. The van der Waals surface area contributed by atoms with Crippen molar-refractivity contribution in [3.8, 4) is 11.5 Å². The third-order valence-electron chi connectivity index (χ3n) is 4.28. The predicted molar refractivity (Wildman–Crippen MR) is 106 cm³/mol. The molecule has 0 saturated carbocycles. The van der Waals surface area contributed by atoms with Crippen molar-refractivity contribution >= 4 is 34.7 Å². The van der Waals surface area contributed by atoms with Crippen molar-refractivity contribution in [1.82, 2.24) is 9.88 Å². The molecule has 31 heavy (non-hydrogen) atoms. The highest BCUT2D eigenvalue weighted by Crippen LogP contribution is 2.32. The molecule has 3 amide bonds. The highest BCUT2D eigenvalue weighted by molar-refractivity contribution is 6.02. The van der Waals surface area contributed by atoms with Crippen LogP contribution in [0.3, 0.4) is 0 Å². The second-order valence-corrected chi connectivity index (χ2v) is 6.44. The topological polar surface area (TPSA) is 138 Å². The Morgan fingerprint density at radius 3 is 2.65 bits per heavy atom. The number of anilines is 1. The number of para-hydroxylation sites is 2. The number of carbonyl (C=O) groups excluding carboxylic acids is 3. The first kappa shape index (κ1) is 20.0. The lowest BCUT2D eigenvalue weighted by Crippen LogP contribution is -2.37. The van der Waals surface area contributed by atoms with Crippen molar-refractivity contribution in [2.45, 2.75) is 6.54 Å². The van der Waals surface area contributed by atoms with E-state index in [1.165, 1.54) is 0 Å². The van der Waals surface area contributed by atoms with E-state index in [9.17, 15) is 19.2 Å². The van der Waals surface area contributed by atoms with Crippen molar-refractivity contribution in [2.75, 3.05) is 25.1 Å².